The lowest BCUT2D eigenvalue weighted by Crippen LogP contribution is -2.59. The zero-order valence-electron chi connectivity index (χ0n) is 12.4. The molecule has 2 N–H and O–H groups in total. The lowest BCUT2D eigenvalue weighted by atomic mass is 10.2. The number of ether oxygens (including phenoxy) is 1. The van der Waals surface area contributed by atoms with E-state index in [0.717, 1.165) is 0 Å². The highest BCUT2D eigenvalue weighted by Gasteiger charge is 2.35. The number of amides is 1. The summed E-state index contributed by atoms with van der Waals surface area (Å²) in [4.78, 5) is 14.1. The van der Waals surface area contributed by atoms with Crippen LogP contribution in [-0.4, -0.2) is 52.2 Å². The number of rotatable bonds is 3. The molecule has 0 bridgehead atoms. The first kappa shape index (κ1) is 19.5. The predicted octanol–water partition coefficient (Wildman–Crippen LogP) is 2.46. The number of nitrogens with zero attached hydrogens (tertiary/aromatic N) is 1. The highest BCUT2D eigenvalue weighted by molar-refractivity contribution is 7.80. The maximum absolute atomic E-state index is 12.9. The summed E-state index contributed by atoms with van der Waals surface area (Å²) >= 11 is 23.1. The van der Waals surface area contributed by atoms with Gasteiger partial charge in [0, 0.05) is 18.7 Å². The highest BCUT2D eigenvalue weighted by Crippen LogP contribution is 2.29. The van der Waals surface area contributed by atoms with Crippen LogP contribution in [0.15, 0.2) is 24.3 Å². The standard InChI is InChI=1S/C14H15Cl3FN3O2S/c15-14(16,17)12(20-13(24)21-5-7-23-8-6-21)19-11(22)9-1-3-10(18)4-2-9/h1-4,12H,5-8H2,(H,19,22)(H,20,24)/t12-/m1/s1. The Morgan fingerprint density at radius 3 is 2.33 bits per heavy atom. The summed E-state index contributed by atoms with van der Waals surface area (Å²) in [5.41, 5.74) is 0.231. The van der Waals surface area contributed by atoms with Crippen molar-refractivity contribution in [3.05, 3.63) is 35.6 Å². The van der Waals surface area contributed by atoms with Crippen molar-refractivity contribution in [1.29, 1.82) is 0 Å². The molecule has 1 aromatic carbocycles. The molecule has 132 valence electrons. The van der Waals surface area contributed by atoms with E-state index in [1.165, 1.54) is 24.3 Å². The van der Waals surface area contributed by atoms with Gasteiger partial charge in [-0.15, -0.1) is 0 Å². The van der Waals surface area contributed by atoms with Gasteiger partial charge in [-0.1, -0.05) is 34.8 Å². The van der Waals surface area contributed by atoms with Crippen LogP contribution in [0.3, 0.4) is 0 Å². The number of halogens is 4. The fourth-order valence-electron chi connectivity index (χ4n) is 2.00. The molecule has 0 spiro atoms. The third kappa shape index (κ3) is 5.60. The number of morpholine rings is 1. The molecule has 1 atom stereocenters. The molecule has 1 aromatic rings. The number of alkyl halides is 3. The van der Waals surface area contributed by atoms with Gasteiger partial charge in [0.2, 0.25) is 3.79 Å². The van der Waals surface area contributed by atoms with Crippen LogP contribution in [-0.2, 0) is 4.74 Å². The van der Waals surface area contributed by atoms with Crippen LogP contribution in [0.5, 0.6) is 0 Å². The predicted molar refractivity (Wildman–Crippen MR) is 96.1 cm³/mol. The molecule has 24 heavy (non-hydrogen) atoms. The second kappa shape index (κ2) is 8.49. The molecule has 0 radical (unpaired) electrons. The van der Waals surface area contributed by atoms with Crippen molar-refractivity contribution in [2.24, 2.45) is 0 Å². The zero-order chi connectivity index (χ0) is 17.7. The molecule has 1 amide bonds. The number of hydrogen-bond donors (Lipinski definition) is 2. The summed E-state index contributed by atoms with van der Waals surface area (Å²) in [6, 6.07) is 5.01. The van der Waals surface area contributed by atoms with Crippen molar-refractivity contribution >= 4 is 58.0 Å². The van der Waals surface area contributed by atoms with Crippen molar-refractivity contribution in [3.63, 3.8) is 0 Å². The number of benzene rings is 1. The molecule has 0 aliphatic carbocycles. The molecule has 0 saturated carbocycles. The third-order valence-electron chi connectivity index (χ3n) is 3.28. The van der Waals surface area contributed by atoms with Crippen LogP contribution in [0.25, 0.3) is 0 Å². The van der Waals surface area contributed by atoms with E-state index in [9.17, 15) is 9.18 Å². The van der Waals surface area contributed by atoms with Gasteiger partial charge in [-0.25, -0.2) is 4.39 Å². The molecule has 0 aromatic heterocycles. The Hall–Kier alpha value is -0.860. The second-order valence-corrected chi connectivity index (χ2v) is 7.76. The van der Waals surface area contributed by atoms with Crippen molar-refractivity contribution in [1.82, 2.24) is 15.5 Å². The van der Waals surface area contributed by atoms with Gasteiger partial charge in [0.25, 0.3) is 5.91 Å². The fraction of sp³-hybridized carbons (Fsp3) is 0.429. The summed E-state index contributed by atoms with van der Waals surface area (Å²) in [6.45, 7) is 2.29. The summed E-state index contributed by atoms with van der Waals surface area (Å²) in [5, 5.41) is 5.73. The minimum absolute atomic E-state index is 0.231. The van der Waals surface area contributed by atoms with Crippen molar-refractivity contribution in [2.75, 3.05) is 26.3 Å². The van der Waals surface area contributed by atoms with E-state index in [0.29, 0.717) is 31.4 Å². The molecule has 1 aliphatic rings. The topological polar surface area (TPSA) is 53.6 Å². The highest BCUT2D eigenvalue weighted by atomic mass is 35.6. The lowest BCUT2D eigenvalue weighted by molar-refractivity contribution is 0.0671. The molecule has 1 saturated heterocycles. The minimum Gasteiger partial charge on any atom is -0.378 e. The quantitative estimate of drug-likeness (QED) is 0.452. The van der Waals surface area contributed by atoms with E-state index in [1.807, 2.05) is 4.90 Å². The molecule has 10 heteroatoms. The number of nitrogens with one attached hydrogen (secondary N) is 2. The molecular formula is C14H15Cl3FN3O2S. The Morgan fingerprint density at radius 2 is 1.79 bits per heavy atom. The monoisotopic (exact) mass is 413 g/mol. The summed E-state index contributed by atoms with van der Waals surface area (Å²) < 4.78 is 16.3. The number of thiocarbonyl (C=S) groups is 1. The molecule has 1 heterocycles. The van der Waals surface area contributed by atoms with Crippen LogP contribution in [0, 0.1) is 5.82 Å². The van der Waals surface area contributed by atoms with E-state index >= 15 is 0 Å². The fourth-order valence-corrected chi connectivity index (χ4v) is 2.62. The average Bonchev–Trinajstić information content (AvgIpc) is 2.54. The molecule has 2 rings (SSSR count). The van der Waals surface area contributed by atoms with Gasteiger partial charge in [-0.05, 0) is 36.5 Å². The number of carbonyl (C=O) groups excluding carboxylic acids is 1. The van der Waals surface area contributed by atoms with Gasteiger partial charge in [-0.2, -0.15) is 0 Å². The van der Waals surface area contributed by atoms with Gasteiger partial charge in [0.15, 0.2) is 5.11 Å². The normalized spacial score (nSPS) is 16.4. The van der Waals surface area contributed by atoms with E-state index in [2.05, 4.69) is 10.6 Å². The Bertz CT molecular complexity index is 592. The molecule has 1 fully saturated rings. The van der Waals surface area contributed by atoms with Gasteiger partial charge < -0.3 is 20.3 Å². The van der Waals surface area contributed by atoms with E-state index in [-0.39, 0.29) is 5.56 Å². The second-order valence-electron chi connectivity index (χ2n) is 5.00. The van der Waals surface area contributed by atoms with E-state index in [4.69, 9.17) is 51.8 Å². The smallest absolute Gasteiger partial charge is 0.252 e. The van der Waals surface area contributed by atoms with Gasteiger partial charge in [0.1, 0.15) is 12.0 Å². The first-order valence-corrected chi connectivity index (χ1v) is 8.58. The summed E-state index contributed by atoms with van der Waals surface area (Å²) in [7, 11) is 0. The van der Waals surface area contributed by atoms with Crippen molar-refractivity contribution in [2.45, 2.75) is 9.96 Å². The Kier molecular flexibility index (Phi) is 6.88. The third-order valence-corrected chi connectivity index (χ3v) is 4.31. The van der Waals surface area contributed by atoms with Crippen LogP contribution >= 0.6 is 47.0 Å². The Morgan fingerprint density at radius 1 is 1.21 bits per heavy atom. The first-order chi connectivity index (χ1) is 11.3. The maximum atomic E-state index is 12.9. The molecule has 0 unspecified atom stereocenters. The van der Waals surface area contributed by atoms with Crippen LogP contribution in [0.4, 0.5) is 4.39 Å². The lowest BCUT2D eigenvalue weighted by Gasteiger charge is -2.34. The zero-order valence-corrected chi connectivity index (χ0v) is 15.5. The average molecular weight is 415 g/mol. The number of hydrogen-bond acceptors (Lipinski definition) is 3. The Balaban J connectivity index is 2.03. The van der Waals surface area contributed by atoms with Crippen molar-refractivity contribution in [3.8, 4) is 0 Å². The van der Waals surface area contributed by atoms with E-state index in [1.54, 1.807) is 0 Å². The van der Waals surface area contributed by atoms with E-state index < -0.39 is 21.7 Å². The largest absolute Gasteiger partial charge is 0.378 e. The van der Waals surface area contributed by atoms with Gasteiger partial charge in [-0.3, -0.25) is 4.79 Å². The Labute approximate surface area is 159 Å². The molecule has 5 nitrogen and oxygen atoms in total. The van der Waals surface area contributed by atoms with Crippen LogP contribution < -0.4 is 10.6 Å². The van der Waals surface area contributed by atoms with Crippen LogP contribution in [0.1, 0.15) is 10.4 Å². The van der Waals surface area contributed by atoms with Gasteiger partial charge in [0.05, 0.1) is 13.2 Å². The maximum Gasteiger partial charge on any atom is 0.252 e. The SMILES string of the molecule is O=C(N[C@H](NC(=S)N1CCOCC1)C(Cl)(Cl)Cl)c1ccc(F)cc1. The van der Waals surface area contributed by atoms with Gasteiger partial charge >= 0.3 is 0 Å². The minimum atomic E-state index is -1.84. The number of carbonyl (C=O) groups is 1. The first-order valence-electron chi connectivity index (χ1n) is 7.03. The van der Waals surface area contributed by atoms with Crippen LogP contribution in [0.2, 0.25) is 0 Å². The summed E-state index contributed by atoms with van der Waals surface area (Å²) in [6.07, 6.45) is -1.06. The molecule has 1 aliphatic heterocycles. The molecular weight excluding hydrogens is 400 g/mol. The van der Waals surface area contributed by atoms with Crippen molar-refractivity contribution < 1.29 is 13.9 Å². The summed E-state index contributed by atoms with van der Waals surface area (Å²) in [5.74, 6) is -0.973.